The molecule has 1 fully saturated rings. The van der Waals surface area contributed by atoms with Gasteiger partial charge in [-0.3, -0.25) is 4.79 Å². The van der Waals surface area contributed by atoms with Gasteiger partial charge in [-0.05, 0) is 34.4 Å². The zero-order valence-electron chi connectivity index (χ0n) is 9.38. The van der Waals surface area contributed by atoms with Gasteiger partial charge in [0.25, 0.3) is 0 Å². The largest absolute Gasteiger partial charge is 0.340 e. The third-order valence-electron chi connectivity index (χ3n) is 3.02. The fourth-order valence-electron chi connectivity index (χ4n) is 1.47. The zero-order chi connectivity index (χ0) is 10.9. The third-order valence-corrected chi connectivity index (χ3v) is 3.87. The molecule has 1 unspecified atom stereocenters. The molecule has 82 valence electrons. The summed E-state index contributed by atoms with van der Waals surface area (Å²) in [5.74, 6) is 0.236. The summed E-state index contributed by atoms with van der Waals surface area (Å²) in [6.07, 6.45) is 0.933. The van der Waals surface area contributed by atoms with Gasteiger partial charge in [0.2, 0.25) is 5.91 Å². The van der Waals surface area contributed by atoms with E-state index in [9.17, 15) is 4.79 Å². The van der Waals surface area contributed by atoms with E-state index in [2.05, 4.69) is 34.7 Å². The van der Waals surface area contributed by atoms with Crippen LogP contribution in [0.1, 0.15) is 20.3 Å². The Hall–Kier alpha value is -0.0900. The molecule has 0 radical (unpaired) electrons. The maximum atomic E-state index is 11.7. The minimum Gasteiger partial charge on any atom is -0.340 e. The van der Waals surface area contributed by atoms with Crippen molar-refractivity contribution in [1.82, 2.24) is 9.80 Å². The van der Waals surface area contributed by atoms with Crippen molar-refractivity contribution in [3.05, 3.63) is 0 Å². The lowest BCUT2D eigenvalue weighted by Gasteiger charge is -2.36. The Morgan fingerprint density at radius 1 is 1.57 bits per heavy atom. The second-order valence-corrected chi connectivity index (χ2v) is 5.83. The smallest absolute Gasteiger partial charge is 0.236 e. The van der Waals surface area contributed by atoms with E-state index in [4.69, 9.17) is 0 Å². The summed E-state index contributed by atoms with van der Waals surface area (Å²) in [6.45, 7) is 6.00. The number of halogens is 1. The van der Waals surface area contributed by atoms with Crippen LogP contribution in [0.3, 0.4) is 0 Å². The number of carbonyl (C=O) groups excluding carboxylic acids is 1. The van der Waals surface area contributed by atoms with Crippen molar-refractivity contribution >= 4 is 21.8 Å². The van der Waals surface area contributed by atoms with E-state index < -0.39 is 0 Å². The number of carbonyl (C=O) groups is 1. The highest BCUT2D eigenvalue weighted by atomic mass is 79.9. The molecule has 0 aromatic carbocycles. The predicted molar refractivity (Wildman–Crippen MR) is 61.7 cm³/mol. The summed E-state index contributed by atoms with van der Waals surface area (Å²) >= 11 is 3.38. The molecule has 3 nitrogen and oxygen atoms in total. The van der Waals surface area contributed by atoms with Gasteiger partial charge < -0.3 is 9.80 Å². The monoisotopic (exact) mass is 262 g/mol. The molecular weight excluding hydrogens is 244 g/mol. The van der Waals surface area contributed by atoms with Crippen LogP contribution in [0.4, 0.5) is 0 Å². The fraction of sp³-hybridized carbons (Fsp3) is 0.900. The number of alkyl halides is 1. The van der Waals surface area contributed by atoms with Crippen LogP contribution < -0.4 is 0 Å². The van der Waals surface area contributed by atoms with Crippen LogP contribution in [0.2, 0.25) is 0 Å². The number of nitrogens with zero attached hydrogens (tertiary/aromatic N) is 2. The van der Waals surface area contributed by atoms with Crippen molar-refractivity contribution in [1.29, 1.82) is 0 Å². The van der Waals surface area contributed by atoms with Gasteiger partial charge in [-0.15, -0.1) is 0 Å². The molecule has 0 spiro atoms. The molecule has 1 amide bonds. The van der Waals surface area contributed by atoms with E-state index in [-0.39, 0.29) is 16.3 Å². The Kier molecular flexibility index (Phi) is 3.58. The standard InChI is InChI=1S/C10H19BrN2O/c1-10(2,12(3)4)7-13-6-5-8(11)9(13)14/h8H,5-7H2,1-4H3. The van der Waals surface area contributed by atoms with E-state index >= 15 is 0 Å². The van der Waals surface area contributed by atoms with Crippen LogP contribution in [-0.2, 0) is 4.79 Å². The lowest BCUT2D eigenvalue weighted by molar-refractivity contribution is -0.128. The summed E-state index contributed by atoms with van der Waals surface area (Å²) in [5, 5.41) is 0. The number of likely N-dealkylation sites (N-methyl/N-ethyl adjacent to an activating group) is 1. The number of likely N-dealkylation sites (tertiary alicyclic amines) is 1. The maximum absolute atomic E-state index is 11.7. The molecule has 14 heavy (non-hydrogen) atoms. The molecule has 0 aromatic heterocycles. The van der Waals surface area contributed by atoms with E-state index in [0.29, 0.717) is 0 Å². The van der Waals surface area contributed by atoms with Crippen LogP contribution >= 0.6 is 15.9 Å². The van der Waals surface area contributed by atoms with Gasteiger partial charge in [0.15, 0.2) is 0 Å². The zero-order valence-corrected chi connectivity index (χ0v) is 11.0. The van der Waals surface area contributed by atoms with E-state index in [1.807, 2.05) is 19.0 Å². The van der Waals surface area contributed by atoms with Crippen molar-refractivity contribution < 1.29 is 4.79 Å². The average molecular weight is 263 g/mol. The number of hydrogen-bond donors (Lipinski definition) is 0. The second-order valence-electron chi connectivity index (χ2n) is 4.72. The molecule has 0 N–H and O–H groups in total. The quantitative estimate of drug-likeness (QED) is 0.717. The average Bonchev–Trinajstić information content (AvgIpc) is 2.35. The van der Waals surface area contributed by atoms with Gasteiger partial charge in [0.1, 0.15) is 0 Å². The van der Waals surface area contributed by atoms with Crippen molar-refractivity contribution in [2.45, 2.75) is 30.6 Å². The normalized spacial score (nSPS) is 23.7. The Morgan fingerprint density at radius 2 is 2.14 bits per heavy atom. The van der Waals surface area contributed by atoms with Crippen LogP contribution in [-0.4, -0.2) is 53.3 Å². The summed E-state index contributed by atoms with van der Waals surface area (Å²) < 4.78 is 0. The third kappa shape index (κ3) is 2.48. The molecule has 1 atom stereocenters. The first-order chi connectivity index (χ1) is 6.34. The highest BCUT2D eigenvalue weighted by Gasteiger charge is 2.33. The minimum atomic E-state index is 0.0421. The first kappa shape index (κ1) is 12.0. The first-order valence-corrected chi connectivity index (χ1v) is 5.86. The van der Waals surface area contributed by atoms with Gasteiger partial charge >= 0.3 is 0 Å². The summed E-state index contributed by atoms with van der Waals surface area (Å²) in [7, 11) is 4.10. The van der Waals surface area contributed by atoms with Gasteiger partial charge in [0.05, 0.1) is 4.83 Å². The molecular formula is C10H19BrN2O. The minimum absolute atomic E-state index is 0.0421. The second kappa shape index (κ2) is 4.19. The molecule has 0 aromatic rings. The van der Waals surface area contributed by atoms with Gasteiger partial charge in [0, 0.05) is 18.6 Å². The molecule has 1 heterocycles. The Bertz CT molecular complexity index is 228. The van der Waals surface area contributed by atoms with E-state index in [1.165, 1.54) is 0 Å². The van der Waals surface area contributed by atoms with Gasteiger partial charge in [-0.25, -0.2) is 0 Å². The summed E-state index contributed by atoms with van der Waals surface area (Å²) in [6, 6.07) is 0. The van der Waals surface area contributed by atoms with Crippen LogP contribution in [0.25, 0.3) is 0 Å². The SMILES string of the molecule is CN(C)C(C)(C)CN1CCC(Br)C1=O. The predicted octanol–water partition coefficient (Wildman–Crippen LogP) is 1.32. The van der Waals surface area contributed by atoms with Gasteiger partial charge in [-0.1, -0.05) is 15.9 Å². The highest BCUT2D eigenvalue weighted by Crippen LogP contribution is 2.22. The van der Waals surface area contributed by atoms with E-state index in [1.54, 1.807) is 0 Å². The molecule has 1 rings (SSSR count). The van der Waals surface area contributed by atoms with Crippen LogP contribution in [0, 0.1) is 0 Å². The number of hydrogen-bond acceptors (Lipinski definition) is 2. The Morgan fingerprint density at radius 3 is 2.50 bits per heavy atom. The fourth-order valence-corrected chi connectivity index (χ4v) is 1.96. The molecule has 0 saturated carbocycles. The number of rotatable bonds is 3. The molecule has 0 bridgehead atoms. The van der Waals surface area contributed by atoms with Crippen molar-refractivity contribution in [2.24, 2.45) is 0 Å². The molecule has 0 aliphatic carbocycles. The molecule has 1 aliphatic rings. The summed E-state index contributed by atoms with van der Waals surface area (Å²) in [5.41, 5.74) is 0.0483. The topological polar surface area (TPSA) is 23.6 Å². The number of amides is 1. The molecule has 1 saturated heterocycles. The molecule has 1 aliphatic heterocycles. The maximum Gasteiger partial charge on any atom is 0.236 e. The first-order valence-electron chi connectivity index (χ1n) is 4.95. The van der Waals surface area contributed by atoms with Crippen LogP contribution in [0.5, 0.6) is 0 Å². The van der Waals surface area contributed by atoms with Crippen molar-refractivity contribution in [3.8, 4) is 0 Å². The van der Waals surface area contributed by atoms with E-state index in [0.717, 1.165) is 19.5 Å². The van der Waals surface area contributed by atoms with Crippen molar-refractivity contribution in [3.63, 3.8) is 0 Å². The Labute approximate surface area is 94.6 Å². The van der Waals surface area contributed by atoms with Gasteiger partial charge in [-0.2, -0.15) is 0 Å². The Balaban J connectivity index is 2.57. The van der Waals surface area contributed by atoms with Crippen LogP contribution in [0.15, 0.2) is 0 Å². The van der Waals surface area contributed by atoms with Crippen molar-refractivity contribution in [2.75, 3.05) is 27.2 Å². The summed E-state index contributed by atoms with van der Waals surface area (Å²) in [4.78, 5) is 15.8. The highest BCUT2D eigenvalue weighted by molar-refractivity contribution is 9.10. The molecule has 4 heteroatoms. The lowest BCUT2D eigenvalue weighted by Crippen LogP contribution is -2.49. The lowest BCUT2D eigenvalue weighted by atomic mass is 10.0.